The monoisotopic (exact) mass is 445 g/mol. The highest BCUT2D eigenvalue weighted by Gasteiger charge is 2.25. The Morgan fingerprint density at radius 2 is 1.88 bits per heavy atom. The van der Waals surface area contributed by atoms with Crippen LogP contribution in [0.25, 0.3) is 0 Å². The summed E-state index contributed by atoms with van der Waals surface area (Å²) in [5, 5.41) is 0. The molecule has 2 amide bonds. The van der Waals surface area contributed by atoms with E-state index >= 15 is 0 Å². The number of carbonyl (C=O) groups excluding carboxylic acids is 2. The van der Waals surface area contributed by atoms with Crippen LogP contribution in [0.1, 0.15) is 52.0 Å². The lowest BCUT2D eigenvalue weighted by molar-refractivity contribution is -0.142. The van der Waals surface area contributed by atoms with E-state index < -0.39 is 0 Å². The van der Waals surface area contributed by atoms with Gasteiger partial charge in [0.25, 0.3) is 0 Å². The average molecular weight is 446 g/mol. The molecular weight excluding hydrogens is 406 g/mol. The molecule has 0 aliphatic rings. The predicted octanol–water partition coefficient (Wildman–Crippen LogP) is 4.08. The Kier molecular flexibility index (Phi) is 9.57. The number of nitrogens with zero attached hydrogens (tertiary/aromatic N) is 3. The number of amides is 2. The van der Waals surface area contributed by atoms with E-state index in [0.29, 0.717) is 38.4 Å². The van der Waals surface area contributed by atoms with Gasteiger partial charge in [-0.3, -0.25) is 9.59 Å². The first-order valence-electron chi connectivity index (χ1n) is 11.3. The molecule has 7 heteroatoms. The highest BCUT2D eigenvalue weighted by atomic mass is 16.5. The van der Waals surface area contributed by atoms with Gasteiger partial charge in [-0.25, -0.2) is 0 Å². The number of hydrogen-bond acceptors (Lipinski definition) is 4. The molecule has 0 bridgehead atoms. The lowest BCUT2D eigenvalue weighted by atomic mass is 9.84. The van der Waals surface area contributed by atoms with Gasteiger partial charge in [0, 0.05) is 39.0 Å². The highest BCUT2D eigenvalue weighted by molar-refractivity contribution is 5.85. The van der Waals surface area contributed by atoms with Gasteiger partial charge in [0.15, 0.2) is 0 Å². The first-order chi connectivity index (χ1) is 15.1. The Bertz CT molecular complexity index is 836. The SMILES string of the molecule is COCCN(CC(=O)N(Cc1ccco1)Cc1cccn1C)C(=O)CC(C)CC(C)(C)C. The lowest BCUT2D eigenvalue weighted by Crippen LogP contribution is -2.44. The molecular formula is C25H39N3O4. The van der Waals surface area contributed by atoms with Crippen molar-refractivity contribution in [3.8, 4) is 0 Å². The van der Waals surface area contributed by atoms with E-state index in [1.54, 1.807) is 23.2 Å². The number of aryl methyl sites for hydroxylation is 1. The molecule has 2 heterocycles. The van der Waals surface area contributed by atoms with Crippen molar-refractivity contribution in [2.24, 2.45) is 18.4 Å². The fourth-order valence-electron chi connectivity index (χ4n) is 3.98. The molecule has 2 rings (SSSR count). The zero-order chi connectivity index (χ0) is 23.7. The van der Waals surface area contributed by atoms with Gasteiger partial charge in [-0.15, -0.1) is 0 Å². The van der Waals surface area contributed by atoms with Crippen molar-refractivity contribution in [1.82, 2.24) is 14.4 Å². The van der Waals surface area contributed by atoms with E-state index in [1.807, 2.05) is 42.1 Å². The van der Waals surface area contributed by atoms with E-state index in [1.165, 1.54) is 0 Å². The molecule has 0 saturated heterocycles. The van der Waals surface area contributed by atoms with Gasteiger partial charge in [-0.1, -0.05) is 27.7 Å². The van der Waals surface area contributed by atoms with E-state index in [-0.39, 0.29) is 29.7 Å². The summed E-state index contributed by atoms with van der Waals surface area (Å²) >= 11 is 0. The second kappa shape index (κ2) is 11.9. The number of hydrogen-bond donors (Lipinski definition) is 0. The summed E-state index contributed by atoms with van der Waals surface area (Å²) in [7, 11) is 3.56. The molecule has 0 spiro atoms. The average Bonchev–Trinajstić information content (AvgIpc) is 3.34. The molecule has 0 aliphatic carbocycles. The van der Waals surface area contributed by atoms with Crippen LogP contribution in [0, 0.1) is 11.3 Å². The molecule has 1 unspecified atom stereocenters. The van der Waals surface area contributed by atoms with Crippen LogP contribution in [0.5, 0.6) is 0 Å². The largest absolute Gasteiger partial charge is 0.467 e. The van der Waals surface area contributed by atoms with Crippen molar-refractivity contribution < 1.29 is 18.7 Å². The first kappa shape index (κ1) is 25.7. The topological polar surface area (TPSA) is 67.9 Å². The van der Waals surface area contributed by atoms with Gasteiger partial charge in [-0.05, 0) is 42.0 Å². The third-order valence-electron chi connectivity index (χ3n) is 5.41. The van der Waals surface area contributed by atoms with Crippen LogP contribution < -0.4 is 0 Å². The summed E-state index contributed by atoms with van der Waals surface area (Å²) in [6, 6.07) is 7.61. The van der Waals surface area contributed by atoms with Gasteiger partial charge in [0.2, 0.25) is 11.8 Å². The van der Waals surface area contributed by atoms with Crippen LogP contribution in [0.2, 0.25) is 0 Å². The summed E-state index contributed by atoms with van der Waals surface area (Å²) < 4.78 is 12.7. The van der Waals surface area contributed by atoms with Gasteiger partial charge in [0.1, 0.15) is 5.76 Å². The number of aromatic nitrogens is 1. The summed E-state index contributed by atoms with van der Waals surface area (Å²) in [6.07, 6.45) is 4.93. The molecule has 2 aromatic heterocycles. The Morgan fingerprint density at radius 3 is 2.44 bits per heavy atom. The minimum Gasteiger partial charge on any atom is -0.467 e. The smallest absolute Gasteiger partial charge is 0.242 e. The van der Waals surface area contributed by atoms with E-state index in [0.717, 1.165) is 12.1 Å². The Labute approximate surface area is 192 Å². The molecule has 7 nitrogen and oxygen atoms in total. The third-order valence-corrected chi connectivity index (χ3v) is 5.41. The maximum Gasteiger partial charge on any atom is 0.242 e. The standard InChI is InChI=1S/C25H39N3O4/c1-20(16-25(2,3)4)15-23(29)27(12-14-31-6)19-24(30)28(18-22-10-8-13-32-22)17-21-9-7-11-26(21)5/h7-11,13,20H,12,14-19H2,1-6H3. The van der Waals surface area contributed by atoms with Crippen LogP contribution in [0.3, 0.4) is 0 Å². The van der Waals surface area contributed by atoms with Gasteiger partial charge >= 0.3 is 0 Å². The van der Waals surface area contributed by atoms with Crippen LogP contribution in [-0.4, -0.2) is 53.0 Å². The van der Waals surface area contributed by atoms with Crippen molar-refractivity contribution >= 4 is 11.8 Å². The lowest BCUT2D eigenvalue weighted by Gasteiger charge is -2.29. The first-order valence-corrected chi connectivity index (χ1v) is 11.3. The molecule has 178 valence electrons. The second-order valence-corrected chi connectivity index (χ2v) is 9.82. The molecule has 0 radical (unpaired) electrons. The predicted molar refractivity (Wildman–Crippen MR) is 125 cm³/mol. The maximum absolute atomic E-state index is 13.3. The fourth-order valence-corrected chi connectivity index (χ4v) is 3.98. The molecule has 2 aromatic rings. The van der Waals surface area contributed by atoms with Gasteiger partial charge < -0.3 is 23.5 Å². The van der Waals surface area contributed by atoms with Crippen LogP contribution in [0.15, 0.2) is 41.1 Å². The number of rotatable bonds is 12. The summed E-state index contributed by atoms with van der Waals surface area (Å²) in [4.78, 5) is 29.8. The quantitative estimate of drug-likeness (QED) is 0.494. The molecule has 0 N–H and O–H groups in total. The second-order valence-electron chi connectivity index (χ2n) is 9.82. The Balaban J connectivity index is 2.11. The molecule has 0 saturated carbocycles. The van der Waals surface area contributed by atoms with Crippen LogP contribution in [-0.2, 0) is 34.5 Å². The van der Waals surface area contributed by atoms with E-state index in [4.69, 9.17) is 9.15 Å². The normalized spacial score (nSPS) is 12.6. The molecule has 32 heavy (non-hydrogen) atoms. The number of ether oxygens (including phenoxy) is 1. The number of methoxy groups -OCH3 is 1. The summed E-state index contributed by atoms with van der Waals surface area (Å²) in [5.74, 6) is 0.825. The fraction of sp³-hybridized carbons (Fsp3) is 0.600. The minimum absolute atomic E-state index is 0.0102. The highest BCUT2D eigenvalue weighted by Crippen LogP contribution is 2.26. The van der Waals surface area contributed by atoms with Crippen molar-refractivity contribution in [2.75, 3.05) is 26.8 Å². The van der Waals surface area contributed by atoms with Crippen molar-refractivity contribution in [2.45, 2.75) is 53.6 Å². The third kappa shape index (κ3) is 8.54. The number of carbonyl (C=O) groups is 2. The van der Waals surface area contributed by atoms with Crippen molar-refractivity contribution in [3.63, 3.8) is 0 Å². The van der Waals surface area contributed by atoms with E-state index in [2.05, 4.69) is 27.7 Å². The zero-order valence-electron chi connectivity index (χ0n) is 20.5. The molecule has 0 aromatic carbocycles. The minimum atomic E-state index is -0.115. The van der Waals surface area contributed by atoms with E-state index in [9.17, 15) is 9.59 Å². The molecule has 0 fully saturated rings. The van der Waals surface area contributed by atoms with Crippen molar-refractivity contribution in [1.29, 1.82) is 0 Å². The van der Waals surface area contributed by atoms with Crippen LogP contribution in [0.4, 0.5) is 0 Å². The van der Waals surface area contributed by atoms with Gasteiger partial charge in [0.05, 0.1) is 32.5 Å². The maximum atomic E-state index is 13.3. The van der Waals surface area contributed by atoms with Crippen molar-refractivity contribution in [3.05, 3.63) is 48.2 Å². The molecule has 0 aliphatic heterocycles. The van der Waals surface area contributed by atoms with Gasteiger partial charge in [-0.2, -0.15) is 0 Å². The summed E-state index contributed by atoms with van der Waals surface area (Å²) in [5.41, 5.74) is 1.17. The zero-order valence-corrected chi connectivity index (χ0v) is 20.5. The Hall–Kier alpha value is -2.54. The number of furan rings is 1. The summed E-state index contributed by atoms with van der Waals surface area (Å²) in [6.45, 7) is 10.2. The molecule has 1 atom stereocenters. The Morgan fingerprint density at radius 1 is 1.12 bits per heavy atom. The van der Waals surface area contributed by atoms with Crippen LogP contribution >= 0.6 is 0 Å².